The van der Waals surface area contributed by atoms with E-state index in [1.165, 1.54) is 5.56 Å². The van der Waals surface area contributed by atoms with Gasteiger partial charge in [0.2, 0.25) is 5.88 Å². The van der Waals surface area contributed by atoms with Crippen LogP contribution in [0, 0.1) is 13.8 Å². The number of aromatic nitrogens is 4. The van der Waals surface area contributed by atoms with Gasteiger partial charge in [-0.3, -0.25) is 5.10 Å². The zero-order valence-corrected chi connectivity index (χ0v) is 12.2. The summed E-state index contributed by atoms with van der Waals surface area (Å²) in [5.74, 6) is 2.14. The van der Waals surface area contributed by atoms with Gasteiger partial charge in [0.05, 0.1) is 12.8 Å². The fraction of sp³-hybridized carbons (Fsp3) is 0.500. The Kier molecular flexibility index (Phi) is 4.92. The van der Waals surface area contributed by atoms with Crippen LogP contribution in [0.3, 0.4) is 0 Å². The van der Waals surface area contributed by atoms with E-state index in [2.05, 4.69) is 25.5 Å². The number of nitrogens with zero attached hydrogens (tertiary/aromatic N) is 3. The molecule has 0 atom stereocenters. The summed E-state index contributed by atoms with van der Waals surface area (Å²) in [5.41, 5.74) is 2.40. The third-order valence-electron chi connectivity index (χ3n) is 2.97. The summed E-state index contributed by atoms with van der Waals surface area (Å²) in [7, 11) is 0. The molecule has 0 amide bonds. The van der Waals surface area contributed by atoms with Crippen LogP contribution < -0.4 is 10.1 Å². The van der Waals surface area contributed by atoms with Gasteiger partial charge >= 0.3 is 0 Å². The Bertz CT molecular complexity index is 552. The van der Waals surface area contributed by atoms with Crippen LogP contribution in [-0.2, 0) is 6.42 Å². The summed E-state index contributed by atoms with van der Waals surface area (Å²) >= 11 is 0. The normalized spacial score (nSPS) is 10.6. The molecule has 0 bridgehead atoms. The molecule has 6 heteroatoms. The fourth-order valence-corrected chi connectivity index (χ4v) is 1.98. The van der Waals surface area contributed by atoms with Crippen molar-refractivity contribution in [2.75, 3.05) is 18.5 Å². The Morgan fingerprint density at radius 2 is 2.15 bits per heavy atom. The predicted molar refractivity (Wildman–Crippen MR) is 78.1 cm³/mol. The first-order valence-electron chi connectivity index (χ1n) is 6.90. The van der Waals surface area contributed by atoms with Crippen LogP contribution in [-0.4, -0.2) is 33.3 Å². The topological polar surface area (TPSA) is 75.7 Å². The minimum absolute atomic E-state index is 0.607. The van der Waals surface area contributed by atoms with E-state index in [1.807, 2.05) is 33.0 Å². The molecular weight excluding hydrogens is 254 g/mol. The van der Waals surface area contributed by atoms with E-state index in [0.717, 1.165) is 30.9 Å². The van der Waals surface area contributed by atoms with E-state index in [-0.39, 0.29) is 0 Å². The highest BCUT2D eigenvalue weighted by Crippen LogP contribution is 2.13. The molecule has 2 aromatic heterocycles. The molecule has 0 saturated carbocycles. The summed E-state index contributed by atoms with van der Waals surface area (Å²) in [5, 5.41) is 10.3. The van der Waals surface area contributed by atoms with Crippen molar-refractivity contribution < 1.29 is 4.74 Å². The number of anilines is 1. The highest BCUT2D eigenvalue weighted by molar-refractivity contribution is 5.38. The van der Waals surface area contributed by atoms with Crippen molar-refractivity contribution in [3.8, 4) is 5.88 Å². The van der Waals surface area contributed by atoms with Gasteiger partial charge in [0.25, 0.3) is 0 Å². The third-order valence-corrected chi connectivity index (χ3v) is 2.97. The molecule has 0 unspecified atom stereocenters. The van der Waals surface area contributed by atoms with Gasteiger partial charge in [0.15, 0.2) is 0 Å². The molecule has 0 aliphatic rings. The van der Waals surface area contributed by atoms with Crippen LogP contribution in [0.15, 0.2) is 12.3 Å². The number of hydrogen-bond donors (Lipinski definition) is 2. The van der Waals surface area contributed by atoms with Crippen molar-refractivity contribution in [2.24, 2.45) is 0 Å². The lowest BCUT2D eigenvalue weighted by atomic mass is 10.1. The summed E-state index contributed by atoms with van der Waals surface area (Å²) in [6.45, 7) is 7.31. The first-order chi connectivity index (χ1) is 9.69. The number of ether oxygens (including phenoxy) is 1. The van der Waals surface area contributed by atoms with Crippen LogP contribution in [0.4, 0.5) is 5.82 Å². The van der Waals surface area contributed by atoms with Crippen molar-refractivity contribution in [2.45, 2.75) is 33.6 Å². The molecule has 2 rings (SSSR count). The maximum absolute atomic E-state index is 5.40. The molecular formula is C14H21N5O. The zero-order valence-electron chi connectivity index (χ0n) is 12.2. The molecule has 2 aromatic rings. The van der Waals surface area contributed by atoms with Gasteiger partial charge in [-0.15, -0.1) is 0 Å². The number of nitrogens with one attached hydrogen (secondary N) is 2. The second kappa shape index (κ2) is 6.88. The SMILES string of the molecule is CCOc1cc(NCCCc2cn[nH]c2C)nc(C)n1. The monoisotopic (exact) mass is 275 g/mol. The van der Waals surface area contributed by atoms with E-state index < -0.39 is 0 Å². The van der Waals surface area contributed by atoms with Gasteiger partial charge in [0, 0.05) is 18.3 Å². The molecule has 6 nitrogen and oxygen atoms in total. The van der Waals surface area contributed by atoms with Gasteiger partial charge in [-0.2, -0.15) is 10.1 Å². The standard InChI is InChI=1S/C14H21N5O/c1-4-20-14-8-13(17-11(3)18-14)15-7-5-6-12-9-16-19-10(12)2/h8-9H,4-7H2,1-3H3,(H,16,19)(H,15,17,18). The average molecular weight is 275 g/mol. The Morgan fingerprint density at radius 1 is 1.30 bits per heavy atom. The minimum atomic E-state index is 0.607. The second-order valence-corrected chi connectivity index (χ2v) is 4.62. The highest BCUT2D eigenvalue weighted by atomic mass is 16.5. The van der Waals surface area contributed by atoms with Gasteiger partial charge in [-0.05, 0) is 39.2 Å². The molecule has 2 N–H and O–H groups in total. The van der Waals surface area contributed by atoms with E-state index in [1.54, 1.807) is 0 Å². The van der Waals surface area contributed by atoms with Crippen molar-refractivity contribution >= 4 is 5.82 Å². The third kappa shape index (κ3) is 3.94. The predicted octanol–water partition coefficient (Wildman–Crippen LogP) is 2.26. The molecule has 0 spiro atoms. The summed E-state index contributed by atoms with van der Waals surface area (Å²) in [6, 6.07) is 1.83. The van der Waals surface area contributed by atoms with Gasteiger partial charge < -0.3 is 10.1 Å². The van der Waals surface area contributed by atoms with Crippen molar-refractivity contribution in [3.05, 3.63) is 29.3 Å². The highest BCUT2D eigenvalue weighted by Gasteiger charge is 2.03. The van der Waals surface area contributed by atoms with Gasteiger partial charge in [-0.1, -0.05) is 0 Å². The van der Waals surface area contributed by atoms with E-state index in [9.17, 15) is 0 Å². The molecule has 2 heterocycles. The molecule has 20 heavy (non-hydrogen) atoms. The second-order valence-electron chi connectivity index (χ2n) is 4.62. The number of hydrogen-bond acceptors (Lipinski definition) is 5. The van der Waals surface area contributed by atoms with E-state index in [4.69, 9.17) is 4.74 Å². The lowest BCUT2D eigenvalue weighted by Gasteiger charge is -2.08. The molecule has 0 aromatic carbocycles. The lowest BCUT2D eigenvalue weighted by Crippen LogP contribution is -2.07. The van der Waals surface area contributed by atoms with Crippen molar-refractivity contribution in [1.29, 1.82) is 0 Å². The van der Waals surface area contributed by atoms with Crippen LogP contribution >= 0.6 is 0 Å². The first kappa shape index (κ1) is 14.3. The van der Waals surface area contributed by atoms with Crippen molar-refractivity contribution in [3.63, 3.8) is 0 Å². The Morgan fingerprint density at radius 3 is 2.85 bits per heavy atom. The van der Waals surface area contributed by atoms with Gasteiger partial charge in [0.1, 0.15) is 11.6 Å². The smallest absolute Gasteiger partial charge is 0.218 e. The number of aryl methyl sites for hydroxylation is 3. The maximum atomic E-state index is 5.40. The summed E-state index contributed by atoms with van der Waals surface area (Å²) < 4.78 is 5.40. The van der Waals surface area contributed by atoms with Crippen LogP contribution in [0.1, 0.15) is 30.4 Å². The number of H-pyrrole nitrogens is 1. The van der Waals surface area contributed by atoms with E-state index in [0.29, 0.717) is 18.3 Å². The van der Waals surface area contributed by atoms with Crippen LogP contribution in [0.25, 0.3) is 0 Å². The first-order valence-corrected chi connectivity index (χ1v) is 6.90. The average Bonchev–Trinajstić information content (AvgIpc) is 2.80. The molecule has 108 valence electrons. The fourth-order valence-electron chi connectivity index (χ4n) is 1.98. The Labute approximate surface area is 119 Å². The largest absolute Gasteiger partial charge is 0.478 e. The minimum Gasteiger partial charge on any atom is -0.478 e. The maximum Gasteiger partial charge on any atom is 0.218 e. The molecule has 0 aliphatic heterocycles. The van der Waals surface area contributed by atoms with Crippen LogP contribution in [0.2, 0.25) is 0 Å². The molecule has 0 radical (unpaired) electrons. The Balaban J connectivity index is 1.83. The number of aromatic amines is 1. The lowest BCUT2D eigenvalue weighted by molar-refractivity contribution is 0.325. The molecule has 0 fully saturated rings. The Hall–Kier alpha value is -2.11. The molecule has 0 aliphatic carbocycles. The summed E-state index contributed by atoms with van der Waals surface area (Å²) in [4.78, 5) is 8.57. The number of rotatable bonds is 7. The van der Waals surface area contributed by atoms with Gasteiger partial charge in [-0.25, -0.2) is 4.98 Å². The van der Waals surface area contributed by atoms with E-state index >= 15 is 0 Å². The molecule has 0 saturated heterocycles. The quantitative estimate of drug-likeness (QED) is 0.758. The zero-order chi connectivity index (χ0) is 14.4. The summed E-state index contributed by atoms with van der Waals surface area (Å²) in [6.07, 6.45) is 3.91. The van der Waals surface area contributed by atoms with Crippen molar-refractivity contribution in [1.82, 2.24) is 20.2 Å². The van der Waals surface area contributed by atoms with Crippen LogP contribution in [0.5, 0.6) is 5.88 Å².